The summed E-state index contributed by atoms with van der Waals surface area (Å²) in [6, 6.07) is 12.7. The van der Waals surface area contributed by atoms with Crippen LogP contribution in [0.3, 0.4) is 0 Å². The van der Waals surface area contributed by atoms with E-state index < -0.39 is 0 Å². The van der Waals surface area contributed by atoms with Crippen LogP contribution >= 0.6 is 23.5 Å². The van der Waals surface area contributed by atoms with Gasteiger partial charge in [-0.25, -0.2) is 0 Å². The zero-order valence-electron chi connectivity index (χ0n) is 16.8. The molecular formula is C22H20N2O5S2. The minimum Gasteiger partial charge on any atom is -0.454 e. The molecule has 1 fully saturated rings. The first-order valence-corrected chi connectivity index (χ1v) is 11.8. The average molecular weight is 457 g/mol. The van der Waals surface area contributed by atoms with Crippen LogP contribution < -0.4 is 14.8 Å². The zero-order valence-corrected chi connectivity index (χ0v) is 18.4. The van der Waals surface area contributed by atoms with Crippen molar-refractivity contribution in [3.63, 3.8) is 0 Å². The fourth-order valence-corrected chi connectivity index (χ4v) is 4.58. The lowest BCUT2D eigenvalue weighted by molar-refractivity contribution is -0.122. The van der Waals surface area contributed by atoms with Crippen LogP contribution in [-0.2, 0) is 10.5 Å². The first kappa shape index (κ1) is 21.3. The maximum absolute atomic E-state index is 12.7. The van der Waals surface area contributed by atoms with Crippen molar-refractivity contribution >= 4 is 46.7 Å². The Labute approximate surface area is 188 Å². The Morgan fingerprint density at radius 3 is 2.87 bits per heavy atom. The summed E-state index contributed by atoms with van der Waals surface area (Å²) in [5.41, 5.74) is 2.37. The van der Waals surface area contributed by atoms with Crippen LogP contribution in [0, 0.1) is 0 Å². The van der Waals surface area contributed by atoms with E-state index in [1.54, 1.807) is 42.1 Å². The summed E-state index contributed by atoms with van der Waals surface area (Å²) in [6.45, 7) is 0.462. The minimum atomic E-state index is -0.371. The number of ether oxygens (including phenoxy) is 2. The summed E-state index contributed by atoms with van der Waals surface area (Å²) in [7, 11) is 0. The summed E-state index contributed by atoms with van der Waals surface area (Å²) in [5, 5.41) is 2.42. The van der Waals surface area contributed by atoms with E-state index in [0.29, 0.717) is 22.0 Å². The van der Waals surface area contributed by atoms with E-state index in [1.807, 2.05) is 24.5 Å². The topological polar surface area (TPSA) is 84.9 Å². The van der Waals surface area contributed by atoms with Crippen LogP contribution in [0.1, 0.15) is 21.5 Å². The molecule has 2 aliphatic rings. The Morgan fingerprint density at radius 2 is 2.03 bits per heavy atom. The van der Waals surface area contributed by atoms with E-state index in [2.05, 4.69) is 5.32 Å². The molecule has 160 valence electrons. The maximum atomic E-state index is 12.7. The summed E-state index contributed by atoms with van der Waals surface area (Å²) < 4.78 is 10.6. The quantitative estimate of drug-likeness (QED) is 0.635. The number of nitrogens with zero attached hydrogens (tertiary/aromatic N) is 1. The first-order valence-electron chi connectivity index (χ1n) is 9.56. The molecule has 2 aromatic carbocycles. The second-order valence-corrected chi connectivity index (χ2v) is 8.69. The Kier molecular flexibility index (Phi) is 6.53. The molecule has 0 radical (unpaired) electrons. The van der Waals surface area contributed by atoms with Gasteiger partial charge in [-0.05, 0) is 59.5 Å². The second kappa shape index (κ2) is 9.49. The van der Waals surface area contributed by atoms with Crippen LogP contribution in [0.4, 0.5) is 4.79 Å². The first-order chi connectivity index (χ1) is 15.0. The Morgan fingerprint density at radius 1 is 1.19 bits per heavy atom. The molecule has 2 aromatic rings. The number of amides is 3. The highest BCUT2D eigenvalue weighted by molar-refractivity contribution is 8.18. The Hall–Kier alpha value is -2.91. The third-order valence-corrected chi connectivity index (χ3v) is 6.22. The van der Waals surface area contributed by atoms with Gasteiger partial charge in [0.1, 0.15) is 0 Å². The number of benzene rings is 2. The molecule has 1 saturated heterocycles. The SMILES string of the molecule is CSCc1cccc(C(=O)NCCN2C(=O)S/C(=C\c3ccc4c(c3)OCO4)C2=O)c1. The molecule has 1 N–H and O–H groups in total. The highest BCUT2D eigenvalue weighted by Gasteiger charge is 2.34. The van der Waals surface area contributed by atoms with E-state index in [4.69, 9.17) is 9.47 Å². The maximum Gasteiger partial charge on any atom is 0.293 e. The number of carbonyl (C=O) groups excluding carboxylic acids is 3. The molecule has 2 heterocycles. The number of hydrogen-bond donors (Lipinski definition) is 1. The molecule has 3 amide bonds. The van der Waals surface area contributed by atoms with Gasteiger partial charge in [0.15, 0.2) is 11.5 Å². The van der Waals surface area contributed by atoms with Gasteiger partial charge in [-0.2, -0.15) is 11.8 Å². The Bertz CT molecular complexity index is 1070. The number of nitrogens with one attached hydrogen (secondary N) is 1. The predicted molar refractivity (Wildman–Crippen MR) is 121 cm³/mol. The molecule has 4 rings (SSSR count). The van der Waals surface area contributed by atoms with Gasteiger partial charge in [0.05, 0.1) is 4.91 Å². The van der Waals surface area contributed by atoms with Crippen molar-refractivity contribution in [2.75, 3.05) is 26.1 Å². The van der Waals surface area contributed by atoms with Crippen molar-refractivity contribution < 1.29 is 23.9 Å². The van der Waals surface area contributed by atoms with Crippen molar-refractivity contribution in [3.05, 3.63) is 64.1 Å². The van der Waals surface area contributed by atoms with Gasteiger partial charge < -0.3 is 14.8 Å². The molecule has 9 heteroatoms. The molecule has 2 aliphatic heterocycles. The van der Waals surface area contributed by atoms with Gasteiger partial charge in [0, 0.05) is 24.4 Å². The van der Waals surface area contributed by atoms with Gasteiger partial charge in [-0.3, -0.25) is 19.3 Å². The lowest BCUT2D eigenvalue weighted by Gasteiger charge is -2.13. The van der Waals surface area contributed by atoms with Crippen LogP contribution in [0.5, 0.6) is 11.5 Å². The highest BCUT2D eigenvalue weighted by atomic mass is 32.2. The molecule has 7 nitrogen and oxygen atoms in total. The predicted octanol–water partition coefficient (Wildman–Crippen LogP) is 3.74. The van der Waals surface area contributed by atoms with E-state index in [-0.39, 0.29) is 36.9 Å². The molecule has 0 aromatic heterocycles. The summed E-state index contributed by atoms with van der Waals surface area (Å²) in [6.07, 6.45) is 3.66. The number of fused-ring (bicyclic) bond motifs is 1. The molecule has 31 heavy (non-hydrogen) atoms. The summed E-state index contributed by atoms with van der Waals surface area (Å²) >= 11 is 2.57. The molecule has 0 spiro atoms. The van der Waals surface area contributed by atoms with Crippen LogP contribution in [0.2, 0.25) is 0 Å². The van der Waals surface area contributed by atoms with E-state index >= 15 is 0 Å². The Balaban J connectivity index is 1.35. The van der Waals surface area contributed by atoms with Crippen LogP contribution in [0.25, 0.3) is 6.08 Å². The smallest absolute Gasteiger partial charge is 0.293 e. The van der Waals surface area contributed by atoms with Gasteiger partial charge in [-0.15, -0.1) is 0 Å². The number of hydrogen-bond acceptors (Lipinski definition) is 7. The van der Waals surface area contributed by atoms with E-state index in [0.717, 1.165) is 33.5 Å². The third-order valence-electron chi connectivity index (χ3n) is 4.69. The van der Waals surface area contributed by atoms with Crippen molar-refractivity contribution in [1.82, 2.24) is 10.2 Å². The number of imide groups is 1. The van der Waals surface area contributed by atoms with Crippen LogP contribution in [-0.4, -0.2) is 48.1 Å². The fraction of sp³-hybridized carbons (Fsp3) is 0.227. The molecule has 0 unspecified atom stereocenters. The van der Waals surface area contributed by atoms with E-state index in [9.17, 15) is 14.4 Å². The monoisotopic (exact) mass is 456 g/mol. The standard InChI is InChI=1S/C22H20N2O5S2/c1-30-12-15-3-2-4-16(9-15)20(25)23-7-8-24-21(26)19(31-22(24)27)11-14-5-6-17-18(10-14)29-13-28-17/h2-6,9-11H,7-8,12-13H2,1H3,(H,23,25)/b19-11-. The van der Waals surface area contributed by atoms with Gasteiger partial charge in [0.25, 0.3) is 17.1 Å². The van der Waals surface area contributed by atoms with Crippen molar-refractivity contribution in [1.29, 1.82) is 0 Å². The molecule has 0 saturated carbocycles. The normalized spacial score (nSPS) is 16.3. The molecule has 0 bridgehead atoms. The summed E-state index contributed by atoms with van der Waals surface area (Å²) in [4.78, 5) is 38.8. The van der Waals surface area contributed by atoms with Crippen LogP contribution in [0.15, 0.2) is 47.4 Å². The van der Waals surface area contributed by atoms with Crippen molar-refractivity contribution in [2.24, 2.45) is 0 Å². The summed E-state index contributed by atoms with van der Waals surface area (Å²) in [5.74, 6) is 1.49. The van der Waals surface area contributed by atoms with E-state index in [1.165, 1.54) is 0 Å². The largest absolute Gasteiger partial charge is 0.454 e. The van der Waals surface area contributed by atoms with Gasteiger partial charge in [0.2, 0.25) is 6.79 Å². The number of rotatable bonds is 7. The molecule has 0 atom stereocenters. The van der Waals surface area contributed by atoms with Crippen molar-refractivity contribution in [3.8, 4) is 11.5 Å². The lowest BCUT2D eigenvalue weighted by atomic mass is 10.1. The average Bonchev–Trinajstić information content (AvgIpc) is 3.33. The molecular weight excluding hydrogens is 436 g/mol. The highest BCUT2D eigenvalue weighted by Crippen LogP contribution is 2.36. The second-order valence-electron chi connectivity index (χ2n) is 6.84. The third kappa shape index (κ3) is 4.88. The fourth-order valence-electron chi connectivity index (χ4n) is 3.20. The molecule has 0 aliphatic carbocycles. The van der Waals surface area contributed by atoms with Crippen molar-refractivity contribution in [2.45, 2.75) is 5.75 Å². The van der Waals surface area contributed by atoms with Gasteiger partial charge >= 0.3 is 0 Å². The zero-order chi connectivity index (χ0) is 21.8. The number of thioether (sulfide) groups is 2. The van der Waals surface area contributed by atoms with Gasteiger partial charge in [-0.1, -0.05) is 18.2 Å². The lowest BCUT2D eigenvalue weighted by Crippen LogP contribution is -2.37. The number of carbonyl (C=O) groups is 3. The minimum absolute atomic E-state index is 0.111.